The maximum Gasteiger partial charge on any atom is 0.342 e. The number of benzene rings is 2. The van der Waals surface area contributed by atoms with Gasteiger partial charge < -0.3 is 18.9 Å². The van der Waals surface area contributed by atoms with Crippen molar-refractivity contribution in [1.29, 1.82) is 0 Å². The summed E-state index contributed by atoms with van der Waals surface area (Å²) in [4.78, 5) is 12.8. The van der Waals surface area contributed by atoms with Gasteiger partial charge in [0.25, 0.3) is 0 Å². The van der Waals surface area contributed by atoms with Crippen molar-refractivity contribution in [3.8, 4) is 11.5 Å². The van der Waals surface area contributed by atoms with E-state index in [4.69, 9.17) is 18.9 Å². The molecule has 0 radical (unpaired) electrons. The molecule has 0 spiro atoms. The van der Waals surface area contributed by atoms with E-state index in [2.05, 4.69) is 32.3 Å². The molecule has 0 aliphatic rings. The van der Waals surface area contributed by atoms with Crippen LogP contribution in [0.5, 0.6) is 11.5 Å². The van der Waals surface area contributed by atoms with Crippen molar-refractivity contribution in [1.82, 2.24) is 0 Å². The zero-order valence-electron chi connectivity index (χ0n) is 17.6. The van der Waals surface area contributed by atoms with E-state index in [1.54, 1.807) is 6.07 Å². The molecule has 0 amide bonds. The van der Waals surface area contributed by atoms with Gasteiger partial charge in [-0.05, 0) is 23.2 Å². The second-order valence-electron chi connectivity index (χ2n) is 7.89. The van der Waals surface area contributed by atoms with Gasteiger partial charge in [0.05, 0.1) is 6.61 Å². The Kier molecular flexibility index (Phi) is 9.07. The summed E-state index contributed by atoms with van der Waals surface area (Å²) in [5.74, 6) is 0.916. The molecule has 2 aromatic carbocycles. The number of rotatable bonds is 11. The highest BCUT2D eigenvalue weighted by molar-refractivity contribution is 7.79. The van der Waals surface area contributed by atoms with Gasteiger partial charge in [0, 0.05) is 27.0 Å². The summed E-state index contributed by atoms with van der Waals surface area (Å²) in [7, 11) is 0.232. The van der Waals surface area contributed by atoms with Gasteiger partial charge in [-0.25, -0.2) is 4.79 Å². The predicted octanol–water partition coefficient (Wildman–Crippen LogP) is 5.17. The van der Waals surface area contributed by atoms with Crippen LogP contribution in [0.2, 0.25) is 25.7 Å². The molecule has 0 heterocycles. The van der Waals surface area contributed by atoms with E-state index in [0.717, 1.165) is 11.6 Å². The molecule has 158 valence electrons. The minimum Gasteiger partial charge on any atom is -0.489 e. The molecule has 2 rings (SSSR count). The zero-order valence-corrected chi connectivity index (χ0v) is 19.5. The fourth-order valence-corrected chi connectivity index (χ4v) is 3.55. The average molecular weight is 435 g/mol. The van der Waals surface area contributed by atoms with Gasteiger partial charge in [0.1, 0.15) is 23.7 Å². The quantitative estimate of drug-likeness (QED) is 0.229. The van der Waals surface area contributed by atoms with Crippen molar-refractivity contribution in [2.75, 3.05) is 20.5 Å². The lowest BCUT2D eigenvalue weighted by molar-refractivity contribution is 0.0435. The van der Waals surface area contributed by atoms with Gasteiger partial charge in [0.15, 0.2) is 6.79 Å². The van der Waals surface area contributed by atoms with Crippen LogP contribution >= 0.6 is 12.6 Å². The summed E-state index contributed by atoms with van der Waals surface area (Å²) in [5.41, 5.74) is 2.12. The Balaban J connectivity index is 2.22. The second-order valence-corrected chi connectivity index (χ2v) is 13.8. The van der Waals surface area contributed by atoms with Gasteiger partial charge in [-0.1, -0.05) is 50.0 Å². The predicted molar refractivity (Wildman–Crippen MR) is 121 cm³/mol. The van der Waals surface area contributed by atoms with Crippen molar-refractivity contribution < 1.29 is 23.7 Å². The molecule has 0 aliphatic carbocycles. The highest BCUT2D eigenvalue weighted by atomic mass is 32.1. The van der Waals surface area contributed by atoms with Crippen molar-refractivity contribution in [2.45, 2.75) is 38.0 Å². The summed E-state index contributed by atoms with van der Waals surface area (Å²) in [6, 6.07) is 14.3. The summed E-state index contributed by atoms with van der Waals surface area (Å²) < 4.78 is 22.1. The number of methoxy groups -OCH3 is 1. The Morgan fingerprint density at radius 2 is 1.79 bits per heavy atom. The molecule has 7 heteroatoms. The Morgan fingerprint density at radius 1 is 1.07 bits per heavy atom. The average Bonchev–Trinajstić information content (AvgIpc) is 2.69. The van der Waals surface area contributed by atoms with Crippen LogP contribution in [0.1, 0.15) is 21.5 Å². The fraction of sp³-hybridized carbons (Fsp3) is 0.409. The van der Waals surface area contributed by atoms with Crippen molar-refractivity contribution in [3.63, 3.8) is 0 Å². The van der Waals surface area contributed by atoms with E-state index >= 15 is 0 Å². The molecular weight excluding hydrogens is 404 g/mol. The summed E-state index contributed by atoms with van der Waals surface area (Å²) in [6.45, 7) is 7.56. The summed E-state index contributed by atoms with van der Waals surface area (Å²) >= 11 is 4.39. The third kappa shape index (κ3) is 7.76. The number of carbonyl (C=O) groups excluding carboxylic acids is 1. The number of hydrogen-bond acceptors (Lipinski definition) is 6. The van der Waals surface area contributed by atoms with E-state index in [0.29, 0.717) is 41.6 Å². The van der Waals surface area contributed by atoms with Crippen molar-refractivity contribution in [3.05, 3.63) is 59.2 Å². The summed E-state index contributed by atoms with van der Waals surface area (Å²) in [6.07, 6.45) is 0. The second kappa shape index (κ2) is 11.3. The molecule has 0 saturated heterocycles. The smallest absolute Gasteiger partial charge is 0.342 e. The topological polar surface area (TPSA) is 54.0 Å². The van der Waals surface area contributed by atoms with E-state index in [9.17, 15) is 4.79 Å². The van der Waals surface area contributed by atoms with Gasteiger partial charge in [0.2, 0.25) is 0 Å². The lowest BCUT2D eigenvalue weighted by Gasteiger charge is -2.18. The maximum atomic E-state index is 12.8. The fourth-order valence-electron chi connectivity index (χ4n) is 2.58. The molecule has 0 atom stereocenters. The molecule has 2 aromatic rings. The molecule has 0 unspecified atom stereocenters. The zero-order chi connectivity index (χ0) is 21.3. The number of ether oxygens (including phenoxy) is 4. The highest BCUT2D eigenvalue weighted by Crippen LogP contribution is 2.31. The molecular formula is C22H30O5SSi. The molecule has 0 fully saturated rings. The van der Waals surface area contributed by atoms with Crippen LogP contribution in [0.4, 0.5) is 0 Å². The normalized spacial score (nSPS) is 11.2. The molecule has 29 heavy (non-hydrogen) atoms. The van der Waals surface area contributed by atoms with E-state index in [1.807, 2.05) is 36.4 Å². The van der Waals surface area contributed by atoms with Gasteiger partial charge in [-0.2, -0.15) is 12.6 Å². The van der Waals surface area contributed by atoms with Gasteiger partial charge in [-0.15, -0.1) is 0 Å². The lowest BCUT2D eigenvalue weighted by Crippen LogP contribution is -2.23. The summed E-state index contributed by atoms with van der Waals surface area (Å²) in [5, 5.41) is 0. The minimum absolute atomic E-state index is 0.0172. The third-order valence-electron chi connectivity index (χ3n) is 4.20. The first-order chi connectivity index (χ1) is 13.8. The molecule has 0 aliphatic heterocycles. The van der Waals surface area contributed by atoms with E-state index in [-0.39, 0.29) is 6.79 Å². The largest absolute Gasteiger partial charge is 0.489 e. The molecule has 5 nitrogen and oxygen atoms in total. The molecule has 0 saturated carbocycles. The minimum atomic E-state index is -1.30. The van der Waals surface area contributed by atoms with Gasteiger partial charge >= 0.3 is 5.97 Å². The van der Waals surface area contributed by atoms with Crippen LogP contribution in [-0.2, 0) is 21.8 Å². The maximum absolute atomic E-state index is 12.8. The first kappa shape index (κ1) is 23.3. The Hall–Kier alpha value is -1.96. The lowest BCUT2D eigenvalue weighted by atomic mass is 10.1. The first-order valence-corrected chi connectivity index (χ1v) is 13.9. The van der Waals surface area contributed by atoms with Crippen LogP contribution in [0.25, 0.3) is 0 Å². The van der Waals surface area contributed by atoms with E-state index < -0.39 is 14.0 Å². The van der Waals surface area contributed by atoms with Crippen molar-refractivity contribution in [2.24, 2.45) is 0 Å². The standard InChI is InChI=1S/C22H30O5SSi/c1-24-16-27-20-13-19(26-14-17-8-6-5-7-9-17)12-18(15-28)21(20)22(23)25-10-11-29(2,3)4/h5-9,12-13,28H,10-11,14-16H2,1-4H3. The monoisotopic (exact) mass is 434 g/mol. The van der Waals surface area contributed by atoms with Gasteiger partial charge in [-0.3, -0.25) is 0 Å². The molecule has 0 bridgehead atoms. The molecule has 0 N–H and O–H groups in total. The van der Waals surface area contributed by atoms with Crippen molar-refractivity contribution >= 4 is 26.7 Å². The number of thiol groups is 1. The number of carbonyl (C=O) groups is 1. The Morgan fingerprint density at radius 3 is 2.41 bits per heavy atom. The van der Waals surface area contributed by atoms with Crippen LogP contribution in [0, 0.1) is 0 Å². The highest BCUT2D eigenvalue weighted by Gasteiger charge is 2.22. The number of hydrogen-bond donors (Lipinski definition) is 1. The van der Waals surface area contributed by atoms with Crippen LogP contribution in [0.15, 0.2) is 42.5 Å². The SMILES string of the molecule is COCOc1cc(OCc2ccccc2)cc(CS)c1C(=O)OCC[Si](C)(C)C. The Labute approximate surface area is 179 Å². The van der Waals surface area contributed by atoms with Crippen LogP contribution in [-0.4, -0.2) is 34.6 Å². The van der Waals surface area contributed by atoms with Crippen LogP contribution in [0.3, 0.4) is 0 Å². The first-order valence-electron chi connectivity index (χ1n) is 9.57. The number of esters is 1. The third-order valence-corrected chi connectivity index (χ3v) is 6.24. The van der Waals surface area contributed by atoms with Crippen LogP contribution < -0.4 is 9.47 Å². The Bertz CT molecular complexity index is 790. The molecule has 0 aromatic heterocycles. The van der Waals surface area contributed by atoms with E-state index in [1.165, 1.54) is 7.11 Å².